The Kier molecular flexibility index (Phi) is 4.17. The number of rotatable bonds is 4. The van der Waals surface area contributed by atoms with E-state index in [4.69, 9.17) is 5.73 Å². The number of hydrogen-bond acceptors (Lipinski definition) is 5. The van der Waals surface area contributed by atoms with Crippen molar-refractivity contribution in [1.82, 2.24) is 15.0 Å². The highest BCUT2D eigenvalue weighted by atomic mass is 15.1. The van der Waals surface area contributed by atoms with Crippen LogP contribution in [0.3, 0.4) is 0 Å². The predicted octanol–water partition coefficient (Wildman–Crippen LogP) is 2.81. The molecule has 3 N–H and O–H groups in total. The molecule has 0 fully saturated rings. The van der Waals surface area contributed by atoms with E-state index in [1.165, 1.54) is 5.56 Å². The number of anilines is 2. The van der Waals surface area contributed by atoms with Crippen LogP contribution in [0.4, 0.5) is 11.6 Å². The van der Waals surface area contributed by atoms with E-state index < -0.39 is 0 Å². The maximum absolute atomic E-state index is 5.96. The molecule has 20 heavy (non-hydrogen) atoms. The number of aromatic nitrogens is 3. The molecule has 2 rings (SSSR count). The lowest BCUT2D eigenvalue weighted by Gasteiger charge is -2.14. The van der Waals surface area contributed by atoms with Gasteiger partial charge in [-0.2, -0.15) is 0 Å². The summed E-state index contributed by atoms with van der Waals surface area (Å²) in [6.45, 7) is 8.79. The number of nitrogens with one attached hydrogen (secondary N) is 1. The van der Waals surface area contributed by atoms with Crippen LogP contribution in [0.2, 0.25) is 0 Å². The molecule has 2 aromatic rings. The molecule has 0 aliphatic rings. The van der Waals surface area contributed by atoms with Crippen molar-refractivity contribution in [3.8, 4) is 0 Å². The highest BCUT2D eigenvalue weighted by Gasteiger charge is 2.11. The molecule has 0 radical (unpaired) electrons. The second kappa shape index (κ2) is 5.86. The number of aryl methyl sites for hydroxylation is 1. The minimum absolute atomic E-state index is 0.251. The zero-order chi connectivity index (χ0) is 14.7. The Hall–Kier alpha value is -2.17. The van der Waals surface area contributed by atoms with E-state index in [2.05, 4.69) is 34.1 Å². The van der Waals surface area contributed by atoms with Crippen LogP contribution in [0.25, 0.3) is 0 Å². The number of nitrogens with zero attached hydrogens (tertiary/aromatic N) is 3. The van der Waals surface area contributed by atoms with Crippen LogP contribution in [-0.4, -0.2) is 15.0 Å². The molecule has 0 atom stereocenters. The van der Waals surface area contributed by atoms with Crippen LogP contribution in [-0.2, 0) is 6.54 Å². The van der Waals surface area contributed by atoms with Gasteiger partial charge < -0.3 is 11.1 Å². The summed E-state index contributed by atoms with van der Waals surface area (Å²) in [7, 11) is 0. The van der Waals surface area contributed by atoms with Gasteiger partial charge in [0.25, 0.3) is 0 Å². The van der Waals surface area contributed by atoms with E-state index in [-0.39, 0.29) is 5.92 Å². The molecule has 0 aromatic carbocycles. The minimum Gasteiger partial charge on any atom is -0.383 e. The SMILES string of the molecule is Cc1cnccc1CNc1nc(C(C)C)nc(N)c1C. The van der Waals surface area contributed by atoms with E-state index in [0.29, 0.717) is 12.4 Å². The highest BCUT2D eigenvalue weighted by Crippen LogP contribution is 2.21. The summed E-state index contributed by atoms with van der Waals surface area (Å²) in [4.78, 5) is 13.0. The third-order valence-corrected chi connectivity index (χ3v) is 3.30. The molecular weight excluding hydrogens is 250 g/mol. The summed E-state index contributed by atoms with van der Waals surface area (Å²) in [6, 6.07) is 2.01. The Bertz CT molecular complexity index is 607. The van der Waals surface area contributed by atoms with E-state index >= 15 is 0 Å². The first-order valence-electron chi connectivity index (χ1n) is 6.76. The maximum Gasteiger partial charge on any atom is 0.135 e. The van der Waals surface area contributed by atoms with Gasteiger partial charge in [0.15, 0.2) is 0 Å². The lowest BCUT2D eigenvalue weighted by atomic mass is 10.1. The highest BCUT2D eigenvalue weighted by molar-refractivity contribution is 5.55. The smallest absolute Gasteiger partial charge is 0.135 e. The van der Waals surface area contributed by atoms with Gasteiger partial charge in [0.2, 0.25) is 0 Å². The average Bonchev–Trinajstić information content (AvgIpc) is 2.41. The molecule has 0 saturated heterocycles. The lowest BCUT2D eigenvalue weighted by Crippen LogP contribution is -2.11. The molecule has 0 unspecified atom stereocenters. The second-order valence-corrected chi connectivity index (χ2v) is 5.25. The van der Waals surface area contributed by atoms with Crippen molar-refractivity contribution in [2.75, 3.05) is 11.1 Å². The fourth-order valence-electron chi connectivity index (χ4n) is 1.86. The van der Waals surface area contributed by atoms with Gasteiger partial charge in [0, 0.05) is 30.4 Å². The molecule has 0 aliphatic heterocycles. The molecule has 0 saturated carbocycles. The van der Waals surface area contributed by atoms with Crippen molar-refractivity contribution in [2.45, 2.75) is 40.2 Å². The number of nitrogen functional groups attached to an aromatic ring is 1. The van der Waals surface area contributed by atoms with E-state index in [9.17, 15) is 0 Å². The summed E-state index contributed by atoms with van der Waals surface area (Å²) in [5, 5.41) is 3.35. The van der Waals surface area contributed by atoms with Crippen LogP contribution in [0.5, 0.6) is 0 Å². The van der Waals surface area contributed by atoms with Crippen molar-refractivity contribution >= 4 is 11.6 Å². The Balaban J connectivity index is 2.23. The van der Waals surface area contributed by atoms with Gasteiger partial charge in [-0.05, 0) is 31.0 Å². The first-order chi connectivity index (χ1) is 9.49. The van der Waals surface area contributed by atoms with Crippen molar-refractivity contribution in [2.24, 2.45) is 0 Å². The standard InChI is InChI=1S/C15H21N5/c1-9(2)14-19-13(16)11(4)15(20-14)18-8-12-5-6-17-7-10(12)3/h5-7,9H,8H2,1-4H3,(H3,16,18,19,20). The fraction of sp³-hybridized carbons (Fsp3) is 0.400. The molecule has 2 aromatic heterocycles. The van der Waals surface area contributed by atoms with E-state index in [1.54, 1.807) is 6.20 Å². The first kappa shape index (κ1) is 14.2. The zero-order valence-corrected chi connectivity index (χ0v) is 12.4. The normalized spacial score (nSPS) is 10.8. The van der Waals surface area contributed by atoms with Gasteiger partial charge in [-0.15, -0.1) is 0 Å². The van der Waals surface area contributed by atoms with Crippen LogP contribution < -0.4 is 11.1 Å². The van der Waals surface area contributed by atoms with Crippen molar-refractivity contribution in [3.05, 3.63) is 41.0 Å². The molecular formula is C15H21N5. The summed E-state index contributed by atoms with van der Waals surface area (Å²) < 4.78 is 0. The molecule has 5 heteroatoms. The molecule has 106 valence electrons. The Morgan fingerprint density at radius 3 is 2.65 bits per heavy atom. The zero-order valence-electron chi connectivity index (χ0n) is 12.4. The topological polar surface area (TPSA) is 76.7 Å². The molecule has 0 bridgehead atoms. The predicted molar refractivity (Wildman–Crippen MR) is 81.6 cm³/mol. The summed E-state index contributed by atoms with van der Waals surface area (Å²) in [5.74, 6) is 2.36. The van der Waals surface area contributed by atoms with Crippen molar-refractivity contribution < 1.29 is 0 Å². The number of nitrogens with two attached hydrogens (primary N) is 1. The molecule has 0 spiro atoms. The summed E-state index contributed by atoms with van der Waals surface area (Å²) in [6.07, 6.45) is 3.66. The number of pyridine rings is 1. The third kappa shape index (κ3) is 3.04. The molecule has 0 amide bonds. The lowest BCUT2D eigenvalue weighted by molar-refractivity contribution is 0.774. The Labute approximate surface area is 119 Å². The molecule has 0 aliphatic carbocycles. The van der Waals surface area contributed by atoms with E-state index in [0.717, 1.165) is 22.8 Å². The van der Waals surface area contributed by atoms with Gasteiger partial charge in [-0.25, -0.2) is 9.97 Å². The van der Waals surface area contributed by atoms with Crippen molar-refractivity contribution in [1.29, 1.82) is 0 Å². The number of hydrogen-bond donors (Lipinski definition) is 2. The van der Waals surface area contributed by atoms with Crippen LogP contribution >= 0.6 is 0 Å². The maximum atomic E-state index is 5.96. The van der Waals surface area contributed by atoms with Crippen LogP contribution in [0.15, 0.2) is 18.5 Å². The molecule has 5 nitrogen and oxygen atoms in total. The quantitative estimate of drug-likeness (QED) is 0.894. The monoisotopic (exact) mass is 271 g/mol. The van der Waals surface area contributed by atoms with Gasteiger partial charge in [-0.3, -0.25) is 4.98 Å². The van der Waals surface area contributed by atoms with Gasteiger partial charge in [-0.1, -0.05) is 13.8 Å². The largest absolute Gasteiger partial charge is 0.383 e. The summed E-state index contributed by atoms with van der Waals surface area (Å²) >= 11 is 0. The van der Waals surface area contributed by atoms with Crippen LogP contribution in [0.1, 0.15) is 42.3 Å². The van der Waals surface area contributed by atoms with Gasteiger partial charge in [0.1, 0.15) is 17.5 Å². The minimum atomic E-state index is 0.251. The second-order valence-electron chi connectivity index (χ2n) is 5.25. The van der Waals surface area contributed by atoms with E-state index in [1.807, 2.05) is 26.1 Å². The average molecular weight is 271 g/mol. The van der Waals surface area contributed by atoms with Gasteiger partial charge in [0.05, 0.1) is 0 Å². The summed E-state index contributed by atoms with van der Waals surface area (Å²) in [5.41, 5.74) is 9.20. The molecule has 2 heterocycles. The fourth-order valence-corrected chi connectivity index (χ4v) is 1.86. The van der Waals surface area contributed by atoms with Crippen LogP contribution in [0, 0.1) is 13.8 Å². The Morgan fingerprint density at radius 1 is 1.25 bits per heavy atom. The van der Waals surface area contributed by atoms with Gasteiger partial charge >= 0.3 is 0 Å². The van der Waals surface area contributed by atoms with Crippen molar-refractivity contribution in [3.63, 3.8) is 0 Å². The Morgan fingerprint density at radius 2 is 2.00 bits per heavy atom. The first-order valence-corrected chi connectivity index (χ1v) is 6.76. The third-order valence-electron chi connectivity index (χ3n) is 3.30.